The lowest BCUT2D eigenvalue weighted by molar-refractivity contribution is -0.106. The van der Waals surface area contributed by atoms with Crippen LogP contribution in [-0.2, 0) is 16.0 Å². The number of aryl methyl sites for hydroxylation is 2. The number of hydrogen-bond acceptors (Lipinski definition) is 4. The fraction of sp³-hybridized carbons (Fsp3) is 0.778. The van der Waals surface area contributed by atoms with Gasteiger partial charge in [0.15, 0.2) is 0 Å². The zero-order valence-corrected chi connectivity index (χ0v) is 14.6. The van der Waals surface area contributed by atoms with Gasteiger partial charge in [0.2, 0.25) is 0 Å². The van der Waals surface area contributed by atoms with Crippen LogP contribution in [-0.4, -0.2) is 58.6 Å². The Bertz CT molecular complexity index is 611. The highest BCUT2D eigenvalue weighted by molar-refractivity contribution is 5.93. The molecule has 24 heavy (non-hydrogen) atoms. The van der Waals surface area contributed by atoms with Gasteiger partial charge in [0.25, 0.3) is 5.91 Å². The lowest BCUT2D eigenvalue weighted by atomic mass is 10.1. The molecule has 0 unspecified atom stereocenters. The predicted molar refractivity (Wildman–Crippen MR) is 88.9 cm³/mol. The Hall–Kier alpha value is -1.40. The van der Waals surface area contributed by atoms with E-state index in [9.17, 15) is 4.79 Å². The molecule has 1 aromatic rings. The second kappa shape index (κ2) is 6.48. The summed E-state index contributed by atoms with van der Waals surface area (Å²) in [7, 11) is 0. The Morgan fingerprint density at radius 3 is 2.96 bits per heavy atom. The molecule has 6 nitrogen and oxygen atoms in total. The van der Waals surface area contributed by atoms with Gasteiger partial charge in [0.1, 0.15) is 11.8 Å². The first-order valence-corrected chi connectivity index (χ1v) is 9.26. The number of nitrogens with zero attached hydrogens (tertiary/aromatic N) is 3. The highest BCUT2D eigenvalue weighted by Gasteiger charge is 2.46. The number of amides is 1. The van der Waals surface area contributed by atoms with Gasteiger partial charge >= 0.3 is 0 Å². The number of aromatic nitrogens is 2. The summed E-state index contributed by atoms with van der Waals surface area (Å²) in [5.41, 5.74) is 1.58. The van der Waals surface area contributed by atoms with Gasteiger partial charge in [-0.1, -0.05) is 0 Å². The standard InChI is InChI=1S/C18H27N3O3/c1-3-21-15(10-12(2)19-21)18(22)20-8-9-23-17-14(20)6-7-16(17)24-11-13-4-5-13/h10,13-14,16-17H,3-9,11H2,1-2H3/t14-,16+,17+/m0/s1. The van der Waals surface area contributed by atoms with Crippen molar-refractivity contribution in [2.75, 3.05) is 19.8 Å². The molecule has 0 spiro atoms. The van der Waals surface area contributed by atoms with E-state index in [4.69, 9.17) is 9.47 Å². The third-order valence-corrected chi connectivity index (χ3v) is 5.46. The average Bonchev–Trinajstić information content (AvgIpc) is 3.21. The number of ether oxygens (including phenoxy) is 2. The Morgan fingerprint density at radius 2 is 2.21 bits per heavy atom. The molecule has 6 heteroatoms. The normalized spacial score (nSPS) is 29.8. The van der Waals surface area contributed by atoms with E-state index >= 15 is 0 Å². The minimum Gasteiger partial charge on any atom is -0.375 e. The van der Waals surface area contributed by atoms with E-state index in [1.165, 1.54) is 12.8 Å². The molecule has 0 bridgehead atoms. The minimum atomic E-state index is 0.0283. The summed E-state index contributed by atoms with van der Waals surface area (Å²) in [4.78, 5) is 15.1. The second-order valence-electron chi connectivity index (χ2n) is 7.28. The molecular formula is C18H27N3O3. The monoisotopic (exact) mass is 333 g/mol. The number of carbonyl (C=O) groups is 1. The molecule has 132 valence electrons. The van der Waals surface area contributed by atoms with Crippen molar-refractivity contribution in [3.8, 4) is 0 Å². The molecule has 1 aromatic heterocycles. The lowest BCUT2D eigenvalue weighted by Gasteiger charge is -2.39. The summed E-state index contributed by atoms with van der Waals surface area (Å²) in [5, 5.41) is 4.41. The largest absolute Gasteiger partial charge is 0.375 e. The quantitative estimate of drug-likeness (QED) is 0.827. The summed E-state index contributed by atoms with van der Waals surface area (Å²) < 4.78 is 13.9. The summed E-state index contributed by atoms with van der Waals surface area (Å²) in [6, 6.07) is 2.03. The van der Waals surface area contributed by atoms with Gasteiger partial charge in [-0.2, -0.15) is 5.10 Å². The maximum Gasteiger partial charge on any atom is 0.272 e. The second-order valence-corrected chi connectivity index (χ2v) is 7.28. The molecule has 3 fully saturated rings. The molecule has 1 saturated heterocycles. The molecule has 2 saturated carbocycles. The SMILES string of the molecule is CCn1nc(C)cc1C(=O)N1CCO[C@H]2[C@H](OCC3CC3)CC[C@@H]21. The molecule has 1 amide bonds. The van der Waals surface area contributed by atoms with E-state index in [2.05, 4.69) is 5.10 Å². The maximum atomic E-state index is 13.1. The van der Waals surface area contributed by atoms with Crippen LogP contribution in [0.25, 0.3) is 0 Å². The third kappa shape index (κ3) is 2.97. The van der Waals surface area contributed by atoms with Crippen molar-refractivity contribution < 1.29 is 14.3 Å². The zero-order valence-electron chi connectivity index (χ0n) is 14.6. The van der Waals surface area contributed by atoms with E-state index in [0.717, 1.165) is 31.1 Å². The average molecular weight is 333 g/mol. The molecular weight excluding hydrogens is 306 g/mol. The first-order valence-electron chi connectivity index (χ1n) is 9.26. The van der Waals surface area contributed by atoms with Crippen molar-refractivity contribution >= 4 is 5.91 Å². The van der Waals surface area contributed by atoms with Gasteiger partial charge in [0.05, 0.1) is 24.4 Å². The van der Waals surface area contributed by atoms with E-state index in [-0.39, 0.29) is 24.2 Å². The van der Waals surface area contributed by atoms with Gasteiger partial charge in [-0.05, 0) is 51.5 Å². The van der Waals surface area contributed by atoms with Crippen molar-refractivity contribution in [2.45, 2.75) is 64.3 Å². The smallest absolute Gasteiger partial charge is 0.272 e. The van der Waals surface area contributed by atoms with Gasteiger partial charge in [0, 0.05) is 19.7 Å². The van der Waals surface area contributed by atoms with E-state index in [1.807, 2.05) is 24.8 Å². The minimum absolute atomic E-state index is 0.0283. The van der Waals surface area contributed by atoms with Crippen LogP contribution in [0, 0.1) is 12.8 Å². The summed E-state index contributed by atoms with van der Waals surface area (Å²) >= 11 is 0. The topological polar surface area (TPSA) is 56.6 Å². The molecule has 0 N–H and O–H groups in total. The molecule has 1 aliphatic heterocycles. The van der Waals surface area contributed by atoms with Crippen molar-refractivity contribution in [3.05, 3.63) is 17.5 Å². The lowest BCUT2D eigenvalue weighted by Crippen LogP contribution is -2.54. The number of fused-ring (bicyclic) bond motifs is 1. The molecule has 2 aliphatic carbocycles. The molecule has 2 heterocycles. The van der Waals surface area contributed by atoms with Crippen LogP contribution in [0.1, 0.15) is 48.8 Å². The van der Waals surface area contributed by atoms with Crippen LogP contribution in [0.3, 0.4) is 0 Å². The van der Waals surface area contributed by atoms with Crippen molar-refractivity contribution in [3.63, 3.8) is 0 Å². The number of hydrogen-bond donors (Lipinski definition) is 0. The van der Waals surface area contributed by atoms with Crippen LogP contribution in [0.15, 0.2) is 6.07 Å². The van der Waals surface area contributed by atoms with Crippen molar-refractivity contribution in [1.82, 2.24) is 14.7 Å². The first-order chi connectivity index (χ1) is 11.7. The molecule has 3 atom stereocenters. The number of carbonyl (C=O) groups excluding carboxylic acids is 1. The Kier molecular flexibility index (Phi) is 4.35. The highest BCUT2D eigenvalue weighted by Crippen LogP contribution is 2.35. The Labute approximate surface area is 143 Å². The van der Waals surface area contributed by atoms with Gasteiger partial charge in [-0.3, -0.25) is 9.48 Å². The van der Waals surface area contributed by atoms with Crippen LogP contribution in [0.4, 0.5) is 0 Å². The molecule has 4 rings (SSSR count). The first kappa shape index (κ1) is 16.1. The third-order valence-electron chi connectivity index (χ3n) is 5.46. The summed E-state index contributed by atoms with van der Waals surface area (Å²) in [6.45, 7) is 6.76. The van der Waals surface area contributed by atoms with Gasteiger partial charge in [-0.15, -0.1) is 0 Å². The fourth-order valence-corrected chi connectivity index (χ4v) is 4.00. The summed E-state index contributed by atoms with van der Waals surface area (Å²) in [6.07, 6.45) is 4.71. The predicted octanol–water partition coefficient (Wildman–Crippen LogP) is 2.01. The summed E-state index contributed by atoms with van der Waals surface area (Å²) in [5.74, 6) is 0.839. The maximum absolute atomic E-state index is 13.1. The zero-order chi connectivity index (χ0) is 16.7. The molecule has 0 aromatic carbocycles. The van der Waals surface area contributed by atoms with Gasteiger partial charge < -0.3 is 14.4 Å². The van der Waals surface area contributed by atoms with Crippen LogP contribution >= 0.6 is 0 Å². The van der Waals surface area contributed by atoms with Crippen molar-refractivity contribution in [1.29, 1.82) is 0 Å². The number of rotatable bonds is 5. The highest BCUT2D eigenvalue weighted by atomic mass is 16.5. The van der Waals surface area contributed by atoms with Gasteiger partial charge in [-0.25, -0.2) is 0 Å². The van der Waals surface area contributed by atoms with Crippen LogP contribution < -0.4 is 0 Å². The Morgan fingerprint density at radius 1 is 1.38 bits per heavy atom. The van der Waals surface area contributed by atoms with Crippen LogP contribution in [0.5, 0.6) is 0 Å². The van der Waals surface area contributed by atoms with E-state index in [0.29, 0.717) is 25.4 Å². The van der Waals surface area contributed by atoms with E-state index in [1.54, 1.807) is 4.68 Å². The molecule has 3 aliphatic rings. The van der Waals surface area contributed by atoms with Crippen LogP contribution in [0.2, 0.25) is 0 Å². The Balaban J connectivity index is 1.48. The fourth-order valence-electron chi connectivity index (χ4n) is 4.00. The van der Waals surface area contributed by atoms with Crippen molar-refractivity contribution in [2.24, 2.45) is 5.92 Å². The van der Waals surface area contributed by atoms with E-state index < -0.39 is 0 Å². The number of morpholine rings is 1. The molecule has 0 radical (unpaired) electrons.